The Hall–Kier alpha value is -0.780. The quantitative estimate of drug-likeness (QED) is 0.554. The number of hydrogen-bond donors (Lipinski definition) is 1. The Morgan fingerprint density at radius 2 is 2.19 bits per heavy atom. The van der Waals surface area contributed by atoms with E-state index in [-0.39, 0.29) is 11.8 Å². The Morgan fingerprint density at radius 3 is 2.76 bits per heavy atom. The van der Waals surface area contributed by atoms with Gasteiger partial charge in [-0.15, -0.1) is 0 Å². The zero-order valence-corrected chi connectivity index (χ0v) is 14.3. The monoisotopic (exact) mass is 400 g/mol. The van der Waals surface area contributed by atoms with Crippen molar-refractivity contribution in [1.82, 2.24) is 0 Å². The first kappa shape index (κ1) is 15.1. The summed E-state index contributed by atoms with van der Waals surface area (Å²) >= 11 is 2.46. The average molecular weight is 400 g/mol. The van der Waals surface area contributed by atoms with Crippen molar-refractivity contribution < 1.29 is 14.6 Å². The molecule has 2 aliphatic rings. The Kier molecular flexibility index (Phi) is 4.43. The number of carboxylic acids is 1. The van der Waals surface area contributed by atoms with Crippen LogP contribution in [-0.2, 0) is 4.79 Å². The first-order valence-corrected chi connectivity index (χ1v) is 8.90. The van der Waals surface area contributed by atoms with E-state index in [2.05, 4.69) is 22.6 Å². The van der Waals surface area contributed by atoms with Crippen molar-refractivity contribution in [2.45, 2.75) is 36.0 Å². The van der Waals surface area contributed by atoms with Crippen LogP contribution in [0.4, 0.5) is 0 Å². The predicted molar refractivity (Wildman–Crippen MR) is 90.1 cm³/mol. The number of aliphatic carboxylic acids is 1. The average Bonchev–Trinajstić information content (AvgIpc) is 3.36. The van der Waals surface area contributed by atoms with E-state index in [9.17, 15) is 9.90 Å². The summed E-state index contributed by atoms with van der Waals surface area (Å²) in [4.78, 5) is 11.4. The van der Waals surface area contributed by atoms with Gasteiger partial charge in [0.2, 0.25) is 0 Å². The lowest BCUT2D eigenvalue weighted by atomic mass is 9.83. The number of rotatable bonds is 7. The molecule has 0 spiro atoms. The van der Waals surface area contributed by atoms with Crippen molar-refractivity contribution in [3.63, 3.8) is 0 Å². The molecular weight excluding hydrogens is 379 g/mol. The van der Waals surface area contributed by atoms with Crippen LogP contribution in [0.25, 0.3) is 0 Å². The number of alkyl halides is 1. The molecular formula is C17H21IO3. The van der Waals surface area contributed by atoms with Crippen LogP contribution in [0, 0.1) is 17.8 Å². The fourth-order valence-electron chi connectivity index (χ4n) is 2.98. The van der Waals surface area contributed by atoms with E-state index >= 15 is 0 Å². The van der Waals surface area contributed by atoms with Gasteiger partial charge in [-0.2, -0.15) is 0 Å². The van der Waals surface area contributed by atoms with Crippen LogP contribution in [0.15, 0.2) is 24.3 Å². The summed E-state index contributed by atoms with van der Waals surface area (Å²) in [6.07, 6.45) is 3.54. The highest BCUT2D eigenvalue weighted by Gasteiger charge is 2.39. The second kappa shape index (κ2) is 6.15. The molecule has 2 fully saturated rings. The molecule has 0 aromatic heterocycles. The fraction of sp³-hybridized carbons (Fsp3) is 0.588. The fourth-order valence-corrected chi connectivity index (χ4v) is 3.84. The molecule has 2 unspecified atom stereocenters. The zero-order chi connectivity index (χ0) is 15.0. The molecule has 1 aromatic rings. The lowest BCUT2D eigenvalue weighted by molar-refractivity contribution is -0.142. The highest BCUT2D eigenvalue weighted by molar-refractivity contribution is 14.1. The third kappa shape index (κ3) is 3.71. The molecule has 0 heterocycles. The van der Waals surface area contributed by atoms with E-state index in [4.69, 9.17) is 4.74 Å². The minimum absolute atomic E-state index is 0.115. The number of benzene rings is 1. The zero-order valence-electron chi connectivity index (χ0n) is 12.2. The van der Waals surface area contributed by atoms with Gasteiger partial charge in [0.15, 0.2) is 0 Å². The molecule has 21 heavy (non-hydrogen) atoms. The lowest BCUT2D eigenvalue weighted by Gasteiger charge is -2.21. The molecule has 0 bridgehead atoms. The van der Waals surface area contributed by atoms with E-state index in [1.54, 1.807) is 0 Å². The van der Waals surface area contributed by atoms with Gasteiger partial charge >= 0.3 is 5.97 Å². The number of carbonyl (C=O) groups is 1. The summed E-state index contributed by atoms with van der Waals surface area (Å²) in [5, 5.41) is 9.34. The molecule has 3 rings (SSSR count). The summed E-state index contributed by atoms with van der Waals surface area (Å²) < 4.78 is 6.64. The van der Waals surface area contributed by atoms with Crippen molar-refractivity contribution in [3.8, 4) is 5.75 Å². The number of halogens is 1. The molecule has 0 saturated heterocycles. The molecule has 1 N–H and O–H groups in total. The van der Waals surface area contributed by atoms with E-state index in [0.29, 0.717) is 11.8 Å². The standard InChI is InChI=1S/C17H21IO3/c1-10(17(19)20)16(11-5-6-11)12-3-2-4-14(7-12)21-9-13-8-15(13)18/h2-4,7,10-11,13,15-16H,5-6,8-9H2,1H3,(H,19,20)/t10?,13-,15+,16?/m0/s1. The van der Waals surface area contributed by atoms with Crippen LogP contribution < -0.4 is 4.74 Å². The Bertz CT molecular complexity index is 527. The molecule has 0 amide bonds. The van der Waals surface area contributed by atoms with Crippen molar-refractivity contribution in [2.24, 2.45) is 17.8 Å². The van der Waals surface area contributed by atoms with Crippen LogP contribution in [0.1, 0.15) is 37.7 Å². The summed E-state index contributed by atoms with van der Waals surface area (Å²) in [5.41, 5.74) is 1.12. The van der Waals surface area contributed by atoms with Crippen LogP contribution >= 0.6 is 22.6 Å². The molecule has 4 heteroatoms. The van der Waals surface area contributed by atoms with Gasteiger partial charge in [0.1, 0.15) is 5.75 Å². The van der Waals surface area contributed by atoms with Crippen LogP contribution in [0.5, 0.6) is 5.75 Å². The maximum atomic E-state index is 11.4. The van der Waals surface area contributed by atoms with Gasteiger partial charge < -0.3 is 9.84 Å². The molecule has 0 radical (unpaired) electrons. The molecule has 2 saturated carbocycles. The van der Waals surface area contributed by atoms with Gasteiger partial charge in [0, 0.05) is 9.84 Å². The van der Waals surface area contributed by atoms with Gasteiger partial charge in [-0.3, -0.25) is 4.79 Å². The molecule has 1 aromatic carbocycles. The SMILES string of the molecule is CC(C(=O)O)C(c1cccc(OC[C@@H]2C[C@H]2I)c1)C1CC1. The first-order chi connectivity index (χ1) is 10.1. The van der Waals surface area contributed by atoms with Gasteiger partial charge in [0.25, 0.3) is 0 Å². The molecule has 4 atom stereocenters. The molecule has 0 aliphatic heterocycles. The summed E-state index contributed by atoms with van der Waals surface area (Å²) in [6, 6.07) is 8.06. The van der Waals surface area contributed by atoms with Gasteiger partial charge in [-0.25, -0.2) is 0 Å². The van der Waals surface area contributed by atoms with Crippen LogP contribution in [0.2, 0.25) is 0 Å². The highest BCUT2D eigenvalue weighted by atomic mass is 127. The lowest BCUT2D eigenvalue weighted by Crippen LogP contribution is -2.20. The number of hydrogen-bond acceptors (Lipinski definition) is 2. The minimum Gasteiger partial charge on any atom is -0.493 e. The van der Waals surface area contributed by atoms with E-state index < -0.39 is 5.97 Å². The van der Waals surface area contributed by atoms with Crippen molar-refractivity contribution in [2.75, 3.05) is 6.61 Å². The van der Waals surface area contributed by atoms with Gasteiger partial charge in [-0.1, -0.05) is 41.6 Å². The predicted octanol–water partition coefficient (Wildman–Crippen LogP) is 4.10. The third-order valence-electron chi connectivity index (χ3n) is 4.60. The summed E-state index contributed by atoms with van der Waals surface area (Å²) in [5.74, 6) is 1.16. The van der Waals surface area contributed by atoms with Crippen molar-refractivity contribution in [1.29, 1.82) is 0 Å². The highest BCUT2D eigenvalue weighted by Crippen LogP contribution is 2.47. The van der Waals surface area contributed by atoms with Gasteiger partial charge in [0.05, 0.1) is 12.5 Å². The second-order valence-corrected chi connectivity index (χ2v) is 7.99. The Labute approximate surface area is 139 Å². The third-order valence-corrected chi connectivity index (χ3v) is 6.13. The first-order valence-electron chi connectivity index (χ1n) is 7.66. The normalized spacial score (nSPS) is 27.0. The molecule has 2 aliphatic carbocycles. The van der Waals surface area contributed by atoms with Crippen LogP contribution in [0.3, 0.4) is 0 Å². The molecule has 3 nitrogen and oxygen atoms in total. The number of carboxylic acid groups (broad SMARTS) is 1. The Balaban J connectivity index is 1.71. The van der Waals surface area contributed by atoms with E-state index in [1.165, 1.54) is 6.42 Å². The van der Waals surface area contributed by atoms with Crippen molar-refractivity contribution >= 4 is 28.6 Å². The van der Waals surface area contributed by atoms with E-state index in [0.717, 1.165) is 34.7 Å². The van der Waals surface area contributed by atoms with Crippen molar-refractivity contribution in [3.05, 3.63) is 29.8 Å². The smallest absolute Gasteiger partial charge is 0.306 e. The Morgan fingerprint density at radius 1 is 1.48 bits per heavy atom. The maximum Gasteiger partial charge on any atom is 0.306 e. The van der Waals surface area contributed by atoms with Gasteiger partial charge in [-0.05, 0) is 48.8 Å². The van der Waals surface area contributed by atoms with E-state index in [1.807, 2.05) is 31.2 Å². The largest absolute Gasteiger partial charge is 0.493 e. The minimum atomic E-state index is -0.705. The topological polar surface area (TPSA) is 46.5 Å². The number of ether oxygens (including phenoxy) is 1. The summed E-state index contributed by atoms with van der Waals surface area (Å²) in [6.45, 7) is 2.60. The summed E-state index contributed by atoms with van der Waals surface area (Å²) in [7, 11) is 0. The second-order valence-electron chi connectivity index (χ2n) is 6.39. The molecule has 114 valence electrons. The maximum absolute atomic E-state index is 11.4. The van der Waals surface area contributed by atoms with Crippen LogP contribution in [-0.4, -0.2) is 21.6 Å².